The highest BCUT2D eigenvalue weighted by Crippen LogP contribution is 2.17. The summed E-state index contributed by atoms with van der Waals surface area (Å²) in [5, 5.41) is 6.91. The van der Waals surface area contributed by atoms with Crippen LogP contribution in [-0.4, -0.2) is 22.6 Å². The summed E-state index contributed by atoms with van der Waals surface area (Å²) in [6.45, 7) is 0.296. The Balaban J connectivity index is 1.51. The minimum absolute atomic E-state index is 0.0288. The van der Waals surface area contributed by atoms with Gasteiger partial charge in [0.2, 0.25) is 17.7 Å². The third kappa shape index (κ3) is 4.08. The van der Waals surface area contributed by atoms with Gasteiger partial charge in [0.15, 0.2) is 0 Å². The molecule has 2 heterocycles. The molecule has 1 aliphatic heterocycles. The van der Waals surface area contributed by atoms with Crippen molar-refractivity contribution in [2.75, 3.05) is 5.32 Å². The molecule has 3 amide bonds. The van der Waals surface area contributed by atoms with E-state index in [1.165, 1.54) is 10.5 Å². The average molecular weight is 342 g/mol. The molecule has 1 aromatic carbocycles. The molecule has 0 radical (unpaired) electrons. The van der Waals surface area contributed by atoms with E-state index in [2.05, 4.69) is 5.32 Å². The van der Waals surface area contributed by atoms with Crippen molar-refractivity contribution in [2.45, 2.75) is 32.2 Å². The molecule has 1 N–H and O–H groups in total. The van der Waals surface area contributed by atoms with Gasteiger partial charge in [0.25, 0.3) is 0 Å². The van der Waals surface area contributed by atoms with Crippen LogP contribution in [0.25, 0.3) is 0 Å². The van der Waals surface area contributed by atoms with Crippen LogP contribution in [0.2, 0.25) is 0 Å². The second-order valence-electron chi connectivity index (χ2n) is 5.75. The monoisotopic (exact) mass is 342 g/mol. The summed E-state index contributed by atoms with van der Waals surface area (Å²) in [5.41, 5.74) is 2.76. The first-order valence-electron chi connectivity index (χ1n) is 7.85. The Morgan fingerprint density at radius 3 is 2.38 bits per heavy atom. The van der Waals surface area contributed by atoms with Crippen LogP contribution in [0.5, 0.6) is 0 Å². The molecular weight excluding hydrogens is 324 g/mol. The molecule has 1 saturated heterocycles. The molecule has 5 nitrogen and oxygen atoms in total. The lowest BCUT2D eigenvalue weighted by atomic mass is 10.1. The van der Waals surface area contributed by atoms with Crippen LogP contribution in [0, 0.1) is 0 Å². The topological polar surface area (TPSA) is 66.5 Å². The number of amides is 3. The van der Waals surface area contributed by atoms with Crippen molar-refractivity contribution in [1.82, 2.24) is 4.90 Å². The van der Waals surface area contributed by atoms with E-state index in [1.807, 2.05) is 29.0 Å². The molecule has 0 saturated carbocycles. The Kier molecular flexibility index (Phi) is 5.05. The minimum Gasteiger partial charge on any atom is -0.326 e. The molecule has 1 aromatic heterocycles. The molecule has 0 spiro atoms. The third-order valence-corrected chi connectivity index (χ3v) is 4.69. The van der Waals surface area contributed by atoms with E-state index in [-0.39, 0.29) is 17.7 Å². The number of hydrogen-bond acceptors (Lipinski definition) is 4. The maximum atomic E-state index is 12.0. The van der Waals surface area contributed by atoms with Gasteiger partial charge in [-0.15, -0.1) is 0 Å². The molecule has 0 unspecified atom stereocenters. The Morgan fingerprint density at radius 2 is 1.75 bits per heavy atom. The molecule has 24 heavy (non-hydrogen) atoms. The lowest BCUT2D eigenvalue weighted by Gasteiger charge is -2.14. The van der Waals surface area contributed by atoms with Gasteiger partial charge in [-0.1, -0.05) is 12.1 Å². The zero-order valence-corrected chi connectivity index (χ0v) is 14.0. The van der Waals surface area contributed by atoms with Gasteiger partial charge in [-0.2, -0.15) is 11.3 Å². The first kappa shape index (κ1) is 16.4. The summed E-state index contributed by atoms with van der Waals surface area (Å²) in [7, 11) is 0. The number of benzene rings is 1. The summed E-state index contributed by atoms with van der Waals surface area (Å²) in [6, 6.07) is 9.26. The van der Waals surface area contributed by atoms with Crippen LogP contribution < -0.4 is 5.32 Å². The van der Waals surface area contributed by atoms with E-state index >= 15 is 0 Å². The lowest BCUT2D eigenvalue weighted by Crippen LogP contribution is -2.28. The Bertz CT molecular complexity index is 722. The van der Waals surface area contributed by atoms with Gasteiger partial charge in [0, 0.05) is 24.9 Å². The molecule has 1 aliphatic rings. The molecule has 2 aromatic rings. The van der Waals surface area contributed by atoms with E-state index < -0.39 is 0 Å². The van der Waals surface area contributed by atoms with Gasteiger partial charge in [0.1, 0.15) is 0 Å². The summed E-state index contributed by atoms with van der Waals surface area (Å²) < 4.78 is 0. The van der Waals surface area contributed by atoms with Gasteiger partial charge in [-0.05, 0) is 46.5 Å². The number of nitrogens with one attached hydrogen (secondary N) is 1. The normalized spacial score (nSPS) is 14.2. The van der Waals surface area contributed by atoms with Crippen LogP contribution in [0.3, 0.4) is 0 Å². The van der Waals surface area contributed by atoms with E-state index in [9.17, 15) is 14.4 Å². The molecule has 0 bridgehead atoms. The first-order chi connectivity index (χ1) is 11.6. The van der Waals surface area contributed by atoms with Gasteiger partial charge in [-0.25, -0.2) is 0 Å². The first-order valence-corrected chi connectivity index (χ1v) is 8.79. The number of rotatable bonds is 6. The van der Waals surface area contributed by atoms with Crippen LogP contribution in [0.1, 0.15) is 30.4 Å². The summed E-state index contributed by atoms with van der Waals surface area (Å²) in [5.74, 6) is -0.268. The van der Waals surface area contributed by atoms with Gasteiger partial charge in [0.05, 0.1) is 6.54 Å². The Hall–Kier alpha value is -2.47. The number of aryl methyl sites for hydroxylation is 1. The number of nitrogens with zero attached hydrogens (tertiary/aromatic N) is 1. The molecule has 124 valence electrons. The van der Waals surface area contributed by atoms with Crippen molar-refractivity contribution < 1.29 is 14.4 Å². The number of thiophene rings is 1. The SMILES string of the molecule is O=C(CCc1ccsc1)Nc1ccc(CN2C(=O)CCC2=O)cc1. The molecule has 1 fully saturated rings. The molecule has 3 rings (SSSR count). The fraction of sp³-hybridized carbons (Fsp3) is 0.278. The number of anilines is 1. The van der Waals surface area contributed by atoms with Crippen molar-refractivity contribution in [2.24, 2.45) is 0 Å². The number of imide groups is 1. The van der Waals surface area contributed by atoms with Gasteiger partial charge >= 0.3 is 0 Å². The van der Waals surface area contributed by atoms with E-state index in [0.717, 1.165) is 12.0 Å². The molecule has 0 atom stereocenters. The van der Waals surface area contributed by atoms with Crippen molar-refractivity contribution in [3.05, 3.63) is 52.2 Å². The smallest absolute Gasteiger partial charge is 0.229 e. The second kappa shape index (κ2) is 7.40. The predicted octanol–water partition coefficient (Wildman–Crippen LogP) is 2.97. The summed E-state index contributed by atoms with van der Waals surface area (Å²) >= 11 is 1.63. The highest BCUT2D eigenvalue weighted by Gasteiger charge is 2.28. The fourth-order valence-corrected chi connectivity index (χ4v) is 3.29. The number of carbonyl (C=O) groups is 3. The van der Waals surface area contributed by atoms with Crippen LogP contribution in [0.15, 0.2) is 41.1 Å². The minimum atomic E-state index is -0.120. The fourth-order valence-electron chi connectivity index (χ4n) is 2.59. The largest absolute Gasteiger partial charge is 0.326 e. The standard InChI is InChI=1S/C18H18N2O3S/c21-16(6-3-14-9-10-24-12-14)19-15-4-1-13(2-5-15)11-20-17(22)7-8-18(20)23/h1-2,4-5,9-10,12H,3,6-8,11H2,(H,19,21). The quantitative estimate of drug-likeness (QED) is 0.821. The molecule has 0 aliphatic carbocycles. The summed E-state index contributed by atoms with van der Waals surface area (Å²) in [4.78, 5) is 36.5. The predicted molar refractivity (Wildman–Crippen MR) is 92.5 cm³/mol. The lowest BCUT2D eigenvalue weighted by molar-refractivity contribution is -0.139. The van der Waals surface area contributed by atoms with Crippen molar-refractivity contribution in [3.63, 3.8) is 0 Å². The van der Waals surface area contributed by atoms with Crippen LogP contribution in [-0.2, 0) is 27.3 Å². The van der Waals surface area contributed by atoms with E-state index in [0.29, 0.717) is 31.5 Å². The van der Waals surface area contributed by atoms with Crippen molar-refractivity contribution >= 4 is 34.7 Å². The van der Waals surface area contributed by atoms with E-state index in [4.69, 9.17) is 0 Å². The zero-order valence-electron chi connectivity index (χ0n) is 13.2. The van der Waals surface area contributed by atoms with Crippen molar-refractivity contribution in [3.8, 4) is 0 Å². The number of carbonyl (C=O) groups excluding carboxylic acids is 3. The van der Waals surface area contributed by atoms with Gasteiger partial charge in [-0.3, -0.25) is 19.3 Å². The molecule has 6 heteroatoms. The van der Waals surface area contributed by atoms with E-state index in [1.54, 1.807) is 23.5 Å². The summed E-state index contributed by atoms with van der Waals surface area (Å²) in [6.07, 6.45) is 1.77. The average Bonchev–Trinajstić information content (AvgIpc) is 3.20. The maximum Gasteiger partial charge on any atom is 0.229 e. The highest BCUT2D eigenvalue weighted by atomic mass is 32.1. The Labute approximate surface area is 144 Å². The number of likely N-dealkylation sites (tertiary alicyclic amines) is 1. The second-order valence-corrected chi connectivity index (χ2v) is 6.53. The highest BCUT2D eigenvalue weighted by molar-refractivity contribution is 7.07. The van der Waals surface area contributed by atoms with Crippen LogP contribution in [0.4, 0.5) is 5.69 Å². The third-order valence-electron chi connectivity index (χ3n) is 3.95. The Morgan fingerprint density at radius 1 is 1.04 bits per heavy atom. The number of hydrogen-bond donors (Lipinski definition) is 1. The zero-order chi connectivity index (χ0) is 16.9. The maximum absolute atomic E-state index is 12.0. The molecular formula is C18H18N2O3S. The van der Waals surface area contributed by atoms with Crippen molar-refractivity contribution in [1.29, 1.82) is 0 Å². The van der Waals surface area contributed by atoms with Gasteiger partial charge < -0.3 is 5.32 Å². The van der Waals surface area contributed by atoms with Crippen LogP contribution >= 0.6 is 11.3 Å².